The van der Waals surface area contributed by atoms with Gasteiger partial charge in [-0.2, -0.15) is 0 Å². The van der Waals surface area contributed by atoms with Crippen molar-refractivity contribution in [3.05, 3.63) is 29.6 Å². The molecule has 0 radical (unpaired) electrons. The lowest BCUT2D eigenvalue weighted by molar-refractivity contribution is -0.137. The van der Waals surface area contributed by atoms with Crippen molar-refractivity contribution in [3.63, 3.8) is 0 Å². The Kier molecular flexibility index (Phi) is 3.62. The minimum atomic E-state index is -3.65. The van der Waals surface area contributed by atoms with Crippen molar-refractivity contribution in [2.45, 2.75) is 30.1 Å². The maximum atomic E-state index is 14.3. The van der Waals surface area contributed by atoms with Crippen LogP contribution in [0.1, 0.15) is 30.7 Å². The SMILES string of the molecule is CS(=O)(=O)c1cccc(C(CC(=O)O)C2CC2)c1F. The quantitative estimate of drug-likeness (QED) is 0.900. The van der Waals surface area contributed by atoms with Gasteiger partial charge in [0.15, 0.2) is 9.84 Å². The van der Waals surface area contributed by atoms with Crippen LogP contribution in [-0.2, 0) is 14.6 Å². The van der Waals surface area contributed by atoms with Gasteiger partial charge in [0.2, 0.25) is 0 Å². The van der Waals surface area contributed by atoms with Crippen LogP contribution in [0.25, 0.3) is 0 Å². The first kappa shape index (κ1) is 14.0. The molecular weight excluding hydrogens is 271 g/mol. The molecule has 104 valence electrons. The van der Waals surface area contributed by atoms with Crippen molar-refractivity contribution in [2.24, 2.45) is 5.92 Å². The molecular formula is C13H15FO4S. The summed E-state index contributed by atoms with van der Waals surface area (Å²) < 4.78 is 37.2. The average Bonchev–Trinajstić information content (AvgIpc) is 3.08. The fourth-order valence-corrected chi connectivity index (χ4v) is 3.09. The third-order valence-corrected chi connectivity index (χ3v) is 4.49. The number of halogens is 1. The number of carbonyl (C=O) groups is 1. The summed E-state index contributed by atoms with van der Waals surface area (Å²) in [7, 11) is -3.65. The third-order valence-electron chi connectivity index (χ3n) is 3.38. The second kappa shape index (κ2) is 4.92. The molecule has 1 aromatic carbocycles. The lowest BCUT2D eigenvalue weighted by Crippen LogP contribution is -2.12. The van der Waals surface area contributed by atoms with Crippen LogP contribution < -0.4 is 0 Å². The van der Waals surface area contributed by atoms with Gasteiger partial charge < -0.3 is 5.11 Å². The maximum Gasteiger partial charge on any atom is 0.303 e. The number of hydrogen-bond acceptors (Lipinski definition) is 3. The number of rotatable bonds is 5. The van der Waals surface area contributed by atoms with Gasteiger partial charge in [0.05, 0.1) is 6.42 Å². The van der Waals surface area contributed by atoms with E-state index >= 15 is 0 Å². The van der Waals surface area contributed by atoms with Crippen LogP contribution in [0.4, 0.5) is 4.39 Å². The van der Waals surface area contributed by atoms with E-state index in [0.29, 0.717) is 0 Å². The van der Waals surface area contributed by atoms with E-state index < -0.39 is 27.5 Å². The van der Waals surface area contributed by atoms with E-state index in [0.717, 1.165) is 19.1 Å². The second-order valence-electron chi connectivity index (χ2n) is 4.97. The van der Waals surface area contributed by atoms with Gasteiger partial charge in [-0.3, -0.25) is 4.79 Å². The summed E-state index contributed by atoms with van der Waals surface area (Å²) in [6, 6.07) is 4.15. The zero-order valence-corrected chi connectivity index (χ0v) is 11.3. The Morgan fingerprint density at radius 1 is 1.47 bits per heavy atom. The molecule has 1 aromatic rings. The summed E-state index contributed by atoms with van der Waals surface area (Å²) >= 11 is 0. The van der Waals surface area contributed by atoms with Crippen LogP contribution in [0.2, 0.25) is 0 Å². The molecule has 0 heterocycles. The largest absolute Gasteiger partial charge is 0.481 e. The molecule has 1 saturated carbocycles. The van der Waals surface area contributed by atoms with Crippen LogP contribution in [0.15, 0.2) is 23.1 Å². The Morgan fingerprint density at radius 3 is 2.58 bits per heavy atom. The van der Waals surface area contributed by atoms with E-state index in [-0.39, 0.29) is 22.8 Å². The normalized spacial score (nSPS) is 17.2. The summed E-state index contributed by atoms with van der Waals surface area (Å²) in [6.07, 6.45) is 2.49. The Bertz CT molecular complexity index is 605. The highest BCUT2D eigenvalue weighted by Gasteiger charge is 2.36. The first-order chi connectivity index (χ1) is 8.80. The smallest absolute Gasteiger partial charge is 0.303 e. The molecule has 0 amide bonds. The van der Waals surface area contributed by atoms with Gasteiger partial charge in [0.25, 0.3) is 0 Å². The minimum absolute atomic E-state index is 0.139. The fourth-order valence-electron chi connectivity index (χ4n) is 2.32. The predicted octanol–water partition coefficient (Wildman–Crippen LogP) is 2.20. The van der Waals surface area contributed by atoms with Gasteiger partial charge in [-0.15, -0.1) is 0 Å². The molecule has 19 heavy (non-hydrogen) atoms. The van der Waals surface area contributed by atoms with Crippen molar-refractivity contribution >= 4 is 15.8 Å². The van der Waals surface area contributed by atoms with E-state index in [1.165, 1.54) is 18.2 Å². The molecule has 6 heteroatoms. The predicted molar refractivity (Wildman–Crippen MR) is 67.2 cm³/mol. The molecule has 2 rings (SSSR count). The Labute approximate surface area is 111 Å². The second-order valence-corrected chi connectivity index (χ2v) is 6.96. The highest BCUT2D eigenvalue weighted by atomic mass is 32.2. The van der Waals surface area contributed by atoms with Crippen molar-refractivity contribution in [1.29, 1.82) is 0 Å². The molecule has 4 nitrogen and oxygen atoms in total. The van der Waals surface area contributed by atoms with Crippen LogP contribution in [0.3, 0.4) is 0 Å². The maximum absolute atomic E-state index is 14.3. The van der Waals surface area contributed by atoms with Crippen LogP contribution in [0, 0.1) is 11.7 Å². The van der Waals surface area contributed by atoms with Gasteiger partial charge in [0, 0.05) is 12.2 Å². The number of carboxylic acid groups (broad SMARTS) is 1. The van der Waals surface area contributed by atoms with Crippen LogP contribution >= 0.6 is 0 Å². The van der Waals surface area contributed by atoms with Gasteiger partial charge in [-0.1, -0.05) is 12.1 Å². The van der Waals surface area contributed by atoms with Crippen molar-refractivity contribution in [2.75, 3.05) is 6.26 Å². The van der Waals surface area contributed by atoms with Crippen LogP contribution in [0.5, 0.6) is 0 Å². The number of sulfone groups is 1. The van der Waals surface area contributed by atoms with Gasteiger partial charge in [-0.05, 0) is 30.4 Å². The zero-order chi connectivity index (χ0) is 14.2. The first-order valence-electron chi connectivity index (χ1n) is 6.01. The van der Waals surface area contributed by atoms with E-state index in [2.05, 4.69) is 0 Å². The molecule has 1 N–H and O–H groups in total. The summed E-state index contributed by atoms with van der Waals surface area (Å²) in [4.78, 5) is 10.5. The van der Waals surface area contributed by atoms with Crippen molar-refractivity contribution < 1.29 is 22.7 Å². The van der Waals surface area contributed by atoms with Gasteiger partial charge in [0.1, 0.15) is 10.7 Å². The molecule has 1 unspecified atom stereocenters. The molecule has 1 aliphatic carbocycles. The number of aliphatic carboxylic acids is 1. The summed E-state index contributed by atoms with van der Waals surface area (Å²) in [5.41, 5.74) is 0.202. The summed E-state index contributed by atoms with van der Waals surface area (Å²) in [6.45, 7) is 0. The van der Waals surface area contributed by atoms with Crippen LogP contribution in [-0.4, -0.2) is 25.7 Å². The molecule has 0 spiro atoms. The molecule has 1 fully saturated rings. The van der Waals surface area contributed by atoms with Crippen molar-refractivity contribution in [3.8, 4) is 0 Å². The lowest BCUT2D eigenvalue weighted by atomic mass is 9.90. The zero-order valence-electron chi connectivity index (χ0n) is 10.5. The standard InChI is InChI=1S/C13H15FO4S/c1-19(17,18)11-4-2-3-9(13(11)14)10(7-12(15)16)8-5-6-8/h2-4,8,10H,5-7H2,1H3,(H,15,16). The monoisotopic (exact) mass is 286 g/mol. The molecule has 1 aliphatic rings. The van der Waals surface area contributed by atoms with Gasteiger partial charge in [-0.25, -0.2) is 12.8 Å². The fraction of sp³-hybridized carbons (Fsp3) is 0.462. The summed E-state index contributed by atoms with van der Waals surface area (Å²) in [5, 5.41) is 8.90. The molecule has 1 atom stereocenters. The number of hydrogen-bond donors (Lipinski definition) is 1. The lowest BCUT2D eigenvalue weighted by Gasteiger charge is -2.16. The Morgan fingerprint density at radius 2 is 2.11 bits per heavy atom. The Hall–Kier alpha value is -1.43. The molecule has 0 aromatic heterocycles. The summed E-state index contributed by atoms with van der Waals surface area (Å²) in [5.74, 6) is -2.11. The van der Waals surface area contributed by atoms with E-state index in [1.807, 2.05) is 0 Å². The highest BCUT2D eigenvalue weighted by molar-refractivity contribution is 7.90. The molecule has 0 aliphatic heterocycles. The molecule has 0 bridgehead atoms. The van der Waals surface area contributed by atoms with Gasteiger partial charge >= 0.3 is 5.97 Å². The number of benzene rings is 1. The number of carboxylic acids is 1. The topological polar surface area (TPSA) is 71.4 Å². The minimum Gasteiger partial charge on any atom is -0.481 e. The van der Waals surface area contributed by atoms with E-state index in [1.54, 1.807) is 0 Å². The van der Waals surface area contributed by atoms with E-state index in [4.69, 9.17) is 5.11 Å². The third kappa shape index (κ3) is 3.12. The Balaban J connectivity index is 2.46. The molecule has 0 saturated heterocycles. The highest BCUT2D eigenvalue weighted by Crippen LogP contribution is 2.45. The first-order valence-corrected chi connectivity index (χ1v) is 7.90. The average molecular weight is 286 g/mol. The van der Waals surface area contributed by atoms with E-state index in [9.17, 15) is 17.6 Å². The van der Waals surface area contributed by atoms with Crippen molar-refractivity contribution in [1.82, 2.24) is 0 Å².